The minimum Gasteiger partial charge on any atom is -0.367 e. The lowest BCUT2D eigenvalue weighted by atomic mass is 10.1. The topological polar surface area (TPSA) is 78.7 Å². The Morgan fingerprint density at radius 3 is 2.50 bits per heavy atom. The Morgan fingerprint density at radius 2 is 1.92 bits per heavy atom. The van der Waals surface area contributed by atoms with Crippen LogP contribution in [0.2, 0.25) is 0 Å². The van der Waals surface area contributed by atoms with E-state index in [1.807, 2.05) is 11.8 Å². The third-order valence-corrected chi connectivity index (χ3v) is 5.43. The van der Waals surface area contributed by atoms with Crippen LogP contribution in [0.15, 0.2) is 18.2 Å². The van der Waals surface area contributed by atoms with Gasteiger partial charge in [-0.1, -0.05) is 12.8 Å². The predicted molar refractivity (Wildman–Crippen MR) is 96.7 cm³/mol. The van der Waals surface area contributed by atoms with Gasteiger partial charge in [0.15, 0.2) is 5.82 Å². The Kier molecular flexibility index (Phi) is 5.70. The summed E-state index contributed by atoms with van der Waals surface area (Å²) in [5.74, 6) is -0.522. The zero-order valence-corrected chi connectivity index (χ0v) is 15.0. The highest BCUT2D eigenvalue weighted by atomic mass is 19.1. The average Bonchev–Trinajstić information content (AvgIpc) is 3.14. The molecule has 1 aromatic carbocycles. The van der Waals surface area contributed by atoms with E-state index in [0.717, 1.165) is 18.9 Å². The molecule has 0 bridgehead atoms. The van der Waals surface area contributed by atoms with Gasteiger partial charge in [0.1, 0.15) is 0 Å². The molecule has 1 N–H and O–H groups in total. The standard InChI is InChI=1S/C18H25FN4O3/c1-13(18(24)20-14-4-2-3-5-14)21-8-10-22(11-9-21)17-7-6-15(23(25)26)12-16(17)19/h6-7,12-14H,2-5,8-11H2,1H3,(H,20,24). The first kappa shape index (κ1) is 18.6. The molecule has 0 aromatic heterocycles. The second kappa shape index (κ2) is 7.99. The van der Waals surface area contributed by atoms with Crippen LogP contribution >= 0.6 is 0 Å². The zero-order chi connectivity index (χ0) is 18.7. The monoisotopic (exact) mass is 364 g/mol. The first-order chi connectivity index (χ1) is 12.5. The molecule has 0 spiro atoms. The molecule has 3 rings (SSSR count). The smallest absolute Gasteiger partial charge is 0.272 e. The van der Waals surface area contributed by atoms with Crippen LogP contribution in [-0.4, -0.2) is 54.0 Å². The molecule has 26 heavy (non-hydrogen) atoms. The summed E-state index contributed by atoms with van der Waals surface area (Å²) in [5.41, 5.74) is 0.125. The summed E-state index contributed by atoms with van der Waals surface area (Å²) in [6, 6.07) is 3.83. The summed E-state index contributed by atoms with van der Waals surface area (Å²) in [6.07, 6.45) is 4.48. The molecule has 1 aliphatic carbocycles. The summed E-state index contributed by atoms with van der Waals surface area (Å²) in [4.78, 5) is 26.5. The predicted octanol–water partition coefficient (Wildman–Crippen LogP) is 2.30. The molecule has 1 saturated carbocycles. The van der Waals surface area contributed by atoms with Crippen LogP contribution in [-0.2, 0) is 4.79 Å². The molecule has 1 saturated heterocycles. The van der Waals surface area contributed by atoms with E-state index in [1.165, 1.54) is 25.0 Å². The number of anilines is 1. The number of hydrogen-bond acceptors (Lipinski definition) is 5. The molecule has 1 atom stereocenters. The van der Waals surface area contributed by atoms with E-state index in [0.29, 0.717) is 37.9 Å². The SMILES string of the molecule is CC(C(=O)NC1CCCC1)N1CCN(c2ccc([N+](=O)[O-])cc2F)CC1. The molecule has 1 unspecified atom stereocenters. The van der Waals surface area contributed by atoms with E-state index < -0.39 is 10.7 Å². The van der Waals surface area contributed by atoms with Crippen molar-refractivity contribution in [1.29, 1.82) is 0 Å². The number of amides is 1. The maximum Gasteiger partial charge on any atom is 0.272 e. The van der Waals surface area contributed by atoms with Gasteiger partial charge in [0.05, 0.1) is 22.7 Å². The van der Waals surface area contributed by atoms with Gasteiger partial charge < -0.3 is 10.2 Å². The number of hydrogen-bond donors (Lipinski definition) is 1. The van der Waals surface area contributed by atoms with E-state index in [1.54, 1.807) is 0 Å². The van der Waals surface area contributed by atoms with Gasteiger partial charge in [-0.05, 0) is 25.8 Å². The molecule has 2 aliphatic rings. The van der Waals surface area contributed by atoms with Crippen molar-refractivity contribution < 1.29 is 14.1 Å². The Balaban J connectivity index is 1.55. The minimum atomic E-state index is -0.602. The molecule has 1 amide bonds. The molecule has 7 nitrogen and oxygen atoms in total. The van der Waals surface area contributed by atoms with Gasteiger partial charge in [-0.15, -0.1) is 0 Å². The van der Waals surface area contributed by atoms with Crippen LogP contribution in [0.5, 0.6) is 0 Å². The Morgan fingerprint density at radius 1 is 1.27 bits per heavy atom. The molecule has 0 radical (unpaired) electrons. The largest absolute Gasteiger partial charge is 0.367 e. The Bertz CT molecular complexity index is 670. The summed E-state index contributed by atoms with van der Waals surface area (Å²) in [7, 11) is 0. The van der Waals surface area contributed by atoms with Gasteiger partial charge >= 0.3 is 0 Å². The minimum absolute atomic E-state index is 0.0619. The van der Waals surface area contributed by atoms with E-state index in [4.69, 9.17) is 0 Å². The van der Waals surface area contributed by atoms with Crippen molar-refractivity contribution in [3.05, 3.63) is 34.1 Å². The summed E-state index contributed by atoms with van der Waals surface area (Å²) in [6.45, 7) is 4.36. The summed E-state index contributed by atoms with van der Waals surface area (Å²) < 4.78 is 14.2. The fraction of sp³-hybridized carbons (Fsp3) is 0.611. The van der Waals surface area contributed by atoms with Gasteiger partial charge in [-0.3, -0.25) is 19.8 Å². The highest BCUT2D eigenvalue weighted by molar-refractivity contribution is 5.81. The quantitative estimate of drug-likeness (QED) is 0.641. The number of carbonyl (C=O) groups is 1. The van der Waals surface area contributed by atoms with Crippen molar-refractivity contribution in [2.45, 2.75) is 44.7 Å². The number of halogens is 1. The van der Waals surface area contributed by atoms with Gasteiger partial charge in [0, 0.05) is 38.3 Å². The number of nitrogens with zero attached hydrogens (tertiary/aromatic N) is 3. The van der Waals surface area contributed by atoms with E-state index >= 15 is 0 Å². The molecule has 1 aromatic rings. The molecule has 1 aliphatic heterocycles. The van der Waals surface area contributed by atoms with Crippen molar-refractivity contribution in [3.8, 4) is 0 Å². The number of nitro groups is 1. The van der Waals surface area contributed by atoms with Gasteiger partial charge in [-0.25, -0.2) is 4.39 Å². The van der Waals surface area contributed by atoms with Crippen LogP contribution in [0.4, 0.5) is 15.8 Å². The van der Waals surface area contributed by atoms with Gasteiger partial charge in [-0.2, -0.15) is 0 Å². The molecule has 2 fully saturated rings. The molecule has 142 valence electrons. The maximum atomic E-state index is 14.2. The molecule has 8 heteroatoms. The van der Waals surface area contributed by atoms with Crippen molar-refractivity contribution in [2.24, 2.45) is 0 Å². The molecular weight excluding hydrogens is 339 g/mol. The fourth-order valence-corrected chi connectivity index (χ4v) is 3.77. The number of nitro benzene ring substituents is 1. The van der Waals surface area contributed by atoms with Gasteiger partial charge in [0.25, 0.3) is 5.69 Å². The van der Waals surface area contributed by atoms with Crippen LogP contribution in [0, 0.1) is 15.9 Å². The average molecular weight is 364 g/mol. The number of rotatable bonds is 5. The number of non-ortho nitro benzene ring substituents is 1. The van der Waals surface area contributed by atoms with Crippen LogP contribution in [0.1, 0.15) is 32.6 Å². The van der Waals surface area contributed by atoms with Crippen molar-refractivity contribution in [2.75, 3.05) is 31.1 Å². The maximum absolute atomic E-state index is 14.2. The number of carbonyl (C=O) groups excluding carboxylic acids is 1. The normalized spacial score (nSPS) is 20.2. The van der Waals surface area contributed by atoms with E-state index in [9.17, 15) is 19.3 Å². The van der Waals surface area contributed by atoms with Crippen LogP contribution in [0.25, 0.3) is 0 Å². The highest BCUT2D eigenvalue weighted by Crippen LogP contribution is 2.25. The lowest BCUT2D eigenvalue weighted by molar-refractivity contribution is -0.385. The van der Waals surface area contributed by atoms with Crippen molar-refractivity contribution in [1.82, 2.24) is 10.2 Å². The molecule has 1 heterocycles. The number of piperazine rings is 1. The number of nitrogens with one attached hydrogen (secondary N) is 1. The third-order valence-electron chi connectivity index (χ3n) is 5.43. The van der Waals surface area contributed by atoms with Crippen molar-refractivity contribution >= 4 is 17.3 Å². The summed E-state index contributed by atoms with van der Waals surface area (Å²) in [5, 5.41) is 13.9. The van der Waals surface area contributed by atoms with Crippen LogP contribution < -0.4 is 10.2 Å². The first-order valence-corrected chi connectivity index (χ1v) is 9.19. The summed E-state index contributed by atoms with van der Waals surface area (Å²) >= 11 is 0. The Hall–Kier alpha value is -2.22. The van der Waals surface area contributed by atoms with E-state index in [-0.39, 0.29) is 17.6 Å². The lowest BCUT2D eigenvalue weighted by Gasteiger charge is -2.38. The third kappa shape index (κ3) is 4.12. The zero-order valence-electron chi connectivity index (χ0n) is 15.0. The molecular formula is C18H25FN4O3. The first-order valence-electron chi connectivity index (χ1n) is 9.19. The van der Waals surface area contributed by atoms with Gasteiger partial charge in [0.2, 0.25) is 5.91 Å². The van der Waals surface area contributed by atoms with Crippen LogP contribution in [0.3, 0.4) is 0 Å². The number of benzene rings is 1. The lowest BCUT2D eigenvalue weighted by Crippen LogP contribution is -2.55. The van der Waals surface area contributed by atoms with Crippen molar-refractivity contribution in [3.63, 3.8) is 0 Å². The highest BCUT2D eigenvalue weighted by Gasteiger charge is 2.28. The second-order valence-electron chi connectivity index (χ2n) is 7.08. The second-order valence-corrected chi connectivity index (χ2v) is 7.08. The van der Waals surface area contributed by atoms with E-state index in [2.05, 4.69) is 10.2 Å². The Labute approximate surface area is 152 Å². The fourth-order valence-electron chi connectivity index (χ4n) is 3.77.